The Hall–Kier alpha value is -1.54. The van der Waals surface area contributed by atoms with Gasteiger partial charge in [0.05, 0.1) is 12.5 Å². The van der Waals surface area contributed by atoms with E-state index in [1.165, 1.54) is 13.0 Å². The van der Waals surface area contributed by atoms with Crippen LogP contribution < -0.4 is 5.32 Å². The van der Waals surface area contributed by atoms with Crippen molar-refractivity contribution in [3.8, 4) is 0 Å². The number of carbonyl (C=O) groups is 1. The normalized spacial score (nSPS) is 24.4. The summed E-state index contributed by atoms with van der Waals surface area (Å²) in [4.78, 5) is 11.9. The summed E-state index contributed by atoms with van der Waals surface area (Å²) in [5.74, 6) is -1.61. The van der Waals surface area contributed by atoms with Gasteiger partial charge < -0.3 is 19.9 Å². The molecule has 1 fully saturated rings. The lowest BCUT2D eigenvalue weighted by Crippen LogP contribution is -2.46. The van der Waals surface area contributed by atoms with Crippen LogP contribution in [0.3, 0.4) is 0 Å². The highest BCUT2D eigenvalue weighted by Gasteiger charge is 2.58. The molecule has 0 radical (unpaired) electrons. The predicted molar refractivity (Wildman–Crippen MR) is 74.4 cm³/mol. The molecule has 1 amide bonds. The van der Waals surface area contributed by atoms with Gasteiger partial charge in [-0.15, -0.1) is 0 Å². The molecule has 0 spiro atoms. The van der Waals surface area contributed by atoms with Gasteiger partial charge in [0.25, 0.3) is 0 Å². The standard InChI is InChI=1S/C15H20F3NO4/c1-9-5-6-12(23-9)14(22,15(16,17)18)7-13(21)19-8-10-3-2-4-11(10)20/h5-6,10-11,20,22H,2-4,7-8H2,1H3,(H,19,21). The van der Waals surface area contributed by atoms with Crippen molar-refractivity contribution in [2.75, 3.05) is 6.54 Å². The topological polar surface area (TPSA) is 82.7 Å². The molecule has 0 saturated heterocycles. The molecule has 0 aliphatic heterocycles. The summed E-state index contributed by atoms with van der Waals surface area (Å²) in [5.41, 5.74) is -3.38. The van der Waals surface area contributed by atoms with Gasteiger partial charge in [0.15, 0.2) is 0 Å². The average Bonchev–Trinajstić information content (AvgIpc) is 3.04. The minimum absolute atomic E-state index is 0.0884. The van der Waals surface area contributed by atoms with Crippen LogP contribution in [-0.4, -0.2) is 34.9 Å². The fraction of sp³-hybridized carbons (Fsp3) is 0.667. The molecule has 2 rings (SSSR count). The molecule has 1 saturated carbocycles. The fourth-order valence-electron chi connectivity index (χ4n) is 2.78. The molecule has 1 heterocycles. The number of alkyl halides is 3. The SMILES string of the molecule is Cc1ccc(C(O)(CC(=O)NCC2CCCC2O)C(F)(F)F)o1. The zero-order chi connectivity index (χ0) is 17.3. The summed E-state index contributed by atoms with van der Waals surface area (Å²) in [5, 5.41) is 22.0. The minimum atomic E-state index is -5.05. The van der Waals surface area contributed by atoms with E-state index in [0.717, 1.165) is 12.5 Å². The molecule has 1 aromatic heterocycles. The first-order valence-corrected chi connectivity index (χ1v) is 7.44. The van der Waals surface area contributed by atoms with E-state index in [0.29, 0.717) is 12.8 Å². The number of halogens is 3. The van der Waals surface area contributed by atoms with E-state index in [2.05, 4.69) is 5.32 Å². The number of rotatable bonds is 5. The van der Waals surface area contributed by atoms with Gasteiger partial charge in [-0.05, 0) is 31.9 Å². The van der Waals surface area contributed by atoms with Crippen molar-refractivity contribution >= 4 is 5.91 Å². The van der Waals surface area contributed by atoms with E-state index < -0.39 is 36.0 Å². The van der Waals surface area contributed by atoms with E-state index in [4.69, 9.17) is 4.42 Å². The first-order chi connectivity index (χ1) is 10.6. The first-order valence-electron chi connectivity index (χ1n) is 7.44. The zero-order valence-corrected chi connectivity index (χ0v) is 12.7. The number of aryl methyl sites for hydroxylation is 1. The monoisotopic (exact) mass is 335 g/mol. The van der Waals surface area contributed by atoms with Crippen molar-refractivity contribution in [2.45, 2.75) is 50.5 Å². The number of aliphatic hydroxyl groups is 2. The van der Waals surface area contributed by atoms with Crippen LogP contribution in [0, 0.1) is 12.8 Å². The Labute approximate surface area is 131 Å². The minimum Gasteiger partial charge on any atom is -0.463 e. The number of nitrogens with one attached hydrogen (secondary N) is 1. The van der Waals surface area contributed by atoms with Gasteiger partial charge in [0.1, 0.15) is 11.5 Å². The van der Waals surface area contributed by atoms with Crippen LogP contribution in [0.5, 0.6) is 0 Å². The lowest BCUT2D eigenvalue weighted by molar-refractivity contribution is -0.273. The smallest absolute Gasteiger partial charge is 0.425 e. The maximum Gasteiger partial charge on any atom is 0.425 e. The van der Waals surface area contributed by atoms with Crippen molar-refractivity contribution in [1.82, 2.24) is 5.32 Å². The maximum atomic E-state index is 13.2. The third-order valence-corrected chi connectivity index (χ3v) is 4.21. The molecule has 5 nitrogen and oxygen atoms in total. The molecule has 3 unspecified atom stereocenters. The van der Waals surface area contributed by atoms with Crippen molar-refractivity contribution < 1.29 is 32.6 Å². The number of hydrogen-bond donors (Lipinski definition) is 3. The molecule has 0 bridgehead atoms. The Balaban J connectivity index is 2.04. The molecule has 8 heteroatoms. The van der Waals surface area contributed by atoms with E-state index in [9.17, 15) is 28.2 Å². The summed E-state index contributed by atoms with van der Waals surface area (Å²) >= 11 is 0. The van der Waals surface area contributed by atoms with Crippen molar-refractivity contribution in [3.05, 3.63) is 23.7 Å². The molecule has 130 valence electrons. The summed E-state index contributed by atoms with van der Waals surface area (Å²) < 4.78 is 44.6. The molecule has 1 aliphatic rings. The highest BCUT2D eigenvalue weighted by atomic mass is 19.4. The van der Waals surface area contributed by atoms with Crippen molar-refractivity contribution in [3.63, 3.8) is 0 Å². The maximum absolute atomic E-state index is 13.2. The van der Waals surface area contributed by atoms with E-state index in [1.54, 1.807) is 0 Å². The summed E-state index contributed by atoms with van der Waals surface area (Å²) in [6.45, 7) is 1.53. The molecule has 1 aromatic rings. The van der Waals surface area contributed by atoms with Crippen LogP contribution >= 0.6 is 0 Å². The van der Waals surface area contributed by atoms with Crippen LogP contribution in [-0.2, 0) is 10.4 Å². The van der Waals surface area contributed by atoms with Crippen LogP contribution in [0.1, 0.15) is 37.2 Å². The number of hydrogen-bond acceptors (Lipinski definition) is 4. The van der Waals surface area contributed by atoms with Crippen LogP contribution in [0.25, 0.3) is 0 Å². The fourth-order valence-corrected chi connectivity index (χ4v) is 2.78. The van der Waals surface area contributed by atoms with Gasteiger partial charge in [-0.1, -0.05) is 6.42 Å². The van der Waals surface area contributed by atoms with Gasteiger partial charge in [-0.3, -0.25) is 4.79 Å². The lowest BCUT2D eigenvalue weighted by Gasteiger charge is -2.28. The average molecular weight is 335 g/mol. The third-order valence-electron chi connectivity index (χ3n) is 4.21. The van der Waals surface area contributed by atoms with Gasteiger partial charge in [0, 0.05) is 12.5 Å². The summed E-state index contributed by atoms with van der Waals surface area (Å²) in [7, 11) is 0. The first kappa shape index (κ1) is 17.8. The summed E-state index contributed by atoms with van der Waals surface area (Å²) in [6.07, 6.45) is -4.64. The van der Waals surface area contributed by atoms with E-state index in [1.807, 2.05) is 0 Å². The Morgan fingerprint density at radius 3 is 2.57 bits per heavy atom. The second-order valence-corrected chi connectivity index (χ2v) is 6.01. The Morgan fingerprint density at radius 2 is 2.09 bits per heavy atom. The Morgan fingerprint density at radius 1 is 1.39 bits per heavy atom. The number of aliphatic hydroxyl groups excluding tert-OH is 1. The highest BCUT2D eigenvalue weighted by Crippen LogP contribution is 2.42. The van der Waals surface area contributed by atoms with E-state index >= 15 is 0 Å². The molecular weight excluding hydrogens is 315 g/mol. The van der Waals surface area contributed by atoms with Gasteiger partial charge >= 0.3 is 6.18 Å². The van der Waals surface area contributed by atoms with Crippen LogP contribution in [0.15, 0.2) is 16.5 Å². The molecule has 3 N–H and O–H groups in total. The quantitative estimate of drug-likeness (QED) is 0.769. The molecular formula is C15H20F3NO4. The third kappa shape index (κ3) is 3.87. The Kier molecular flexibility index (Phi) is 5.05. The van der Waals surface area contributed by atoms with Crippen LogP contribution in [0.2, 0.25) is 0 Å². The predicted octanol–water partition coefficient (Wildman–Crippen LogP) is 2.01. The molecule has 0 aromatic carbocycles. The van der Waals surface area contributed by atoms with Crippen LogP contribution in [0.4, 0.5) is 13.2 Å². The number of furan rings is 1. The second-order valence-electron chi connectivity index (χ2n) is 6.01. The van der Waals surface area contributed by atoms with Gasteiger partial charge in [0.2, 0.25) is 11.5 Å². The highest BCUT2D eigenvalue weighted by molar-refractivity contribution is 5.77. The molecule has 23 heavy (non-hydrogen) atoms. The zero-order valence-electron chi connectivity index (χ0n) is 12.7. The summed E-state index contributed by atoms with van der Waals surface area (Å²) in [6, 6.07) is 2.30. The molecule has 1 aliphatic carbocycles. The lowest BCUT2D eigenvalue weighted by atomic mass is 9.95. The van der Waals surface area contributed by atoms with Gasteiger partial charge in [-0.2, -0.15) is 13.2 Å². The van der Waals surface area contributed by atoms with E-state index in [-0.39, 0.29) is 18.2 Å². The van der Waals surface area contributed by atoms with Crippen molar-refractivity contribution in [1.29, 1.82) is 0 Å². The largest absolute Gasteiger partial charge is 0.463 e. The van der Waals surface area contributed by atoms with Crippen molar-refractivity contribution in [2.24, 2.45) is 5.92 Å². The number of carbonyl (C=O) groups excluding carboxylic acids is 1. The van der Waals surface area contributed by atoms with Gasteiger partial charge in [-0.25, -0.2) is 0 Å². The number of amides is 1. The Bertz CT molecular complexity index is 557. The molecule has 3 atom stereocenters. The second kappa shape index (κ2) is 6.52.